The average molecular weight is 337 g/mol. The van der Waals surface area contributed by atoms with Crippen LogP contribution in [0.5, 0.6) is 0 Å². The molecule has 6 nitrogen and oxygen atoms in total. The highest BCUT2D eigenvalue weighted by Crippen LogP contribution is 2.39. The lowest BCUT2D eigenvalue weighted by Crippen LogP contribution is -2.48. The molecule has 1 fully saturated rings. The third-order valence-electron chi connectivity index (χ3n) is 4.62. The van der Waals surface area contributed by atoms with Crippen molar-refractivity contribution < 1.29 is 4.79 Å². The van der Waals surface area contributed by atoms with Gasteiger partial charge in [0, 0.05) is 11.8 Å². The lowest BCUT2D eigenvalue weighted by Gasteiger charge is -2.22. The first kappa shape index (κ1) is 17.0. The lowest BCUT2D eigenvalue weighted by atomic mass is 9.98. The molecule has 1 saturated carbocycles. The van der Waals surface area contributed by atoms with Crippen LogP contribution in [0.15, 0.2) is 30.3 Å². The van der Waals surface area contributed by atoms with Crippen LogP contribution >= 0.6 is 0 Å². The van der Waals surface area contributed by atoms with Crippen molar-refractivity contribution in [1.29, 1.82) is 5.26 Å². The Morgan fingerprint density at radius 1 is 1.36 bits per heavy atom. The molecule has 0 radical (unpaired) electrons. The van der Waals surface area contributed by atoms with E-state index in [1.54, 1.807) is 6.92 Å². The maximum atomic E-state index is 12.2. The normalized spacial score (nSPS) is 15.9. The van der Waals surface area contributed by atoms with Gasteiger partial charge < -0.3 is 10.6 Å². The van der Waals surface area contributed by atoms with Crippen LogP contribution in [-0.4, -0.2) is 27.8 Å². The molecule has 0 aliphatic heterocycles. The van der Waals surface area contributed by atoms with Gasteiger partial charge in [-0.15, -0.1) is 0 Å². The number of nitrogens with zero attached hydrogens (tertiary/aromatic N) is 3. The molecule has 2 N–H and O–H groups in total. The molecule has 1 atom stereocenters. The molecule has 0 unspecified atom stereocenters. The van der Waals surface area contributed by atoms with Gasteiger partial charge in [-0.05, 0) is 51.7 Å². The fraction of sp³-hybridized carbons (Fsp3) is 0.421. The van der Waals surface area contributed by atoms with Gasteiger partial charge in [0.1, 0.15) is 11.4 Å². The van der Waals surface area contributed by atoms with E-state index in [1.807, 2.05) is 48.9 Å². The number of carbonyl (C=O) groups is 1. The van der Waals surface area contributed by atoms with Crippen LogP contribution in [-0.2, 0) is 4.79 Å². The molecule has 6 heteroatoms. The van der Waals surface area contributed by atoms with E-state index in [9.17, 15) is 10.1 Å². The van der Waals surface area contributed by atoms with E-state index in [-0.39, 0.29) is 18.4 Å². The summed E-state index contributed by atoms with van der Waals surface area (Å²) in [6.45, 7) is 5.90. The lowest BCUT2D eigenvalue weighted by molar-refractivity contribution is -0.120. The number of carbonyl (C=O) groups excluding carboxylic acids is 1. The second-order valence-corrected chi connectivity index (χ2v) is 6.91. The number of hydrogen-bond acceptors (Lipinski definition) is 4. The van der Waals surface area contributed by atoms with E-state index in [2.05, 4.69) is 21.8 Å². The first-order chi connectivity index (χ1) is 11.9. The first-order valence-electron chi connectivity index (χ1n) is 8.51. The minimum atomic E-state index is -0.768. The molecule has 1 aromatic carbocycles. The van der Waals surface area contributed by atoms with Gasteiger partial charge in [-0.25, -0.2) is 4.68 Å². The van der Waals surface area contributed by atoms with Gasteiger partial charge in [-0.1, -0.05) is 17.7 Å². The number of aromatic nitrogens is 2. The molecule has 0 saturated heterocycles. The van der Waals surface area contributed by atoms with E-state index < -0.39 is 5.54 Å². The number of hydrogen-bond donors (Lipinski definition) is 2. The topological polar surface area (TPSA) is 82.7 Å². The fourth-order valence-electron chi connectivity index (χ4n) is 2.89. The van der Waals surface area contributed by atoms with Crippen molar-refractivity contribution in [3.05, 3.63) is 41.6 Å². The maximum absolute atomic E-state index is 12.2. The Hall–Kier alpha value is -2.81. The largest absolute Gasteiger partial charge is 0.360 e. The van der Waals surface area contributed by atoms with Gasteiger partial charge in [-0.2, -0.15) is 10.4 Å². The quantitative estimate of drug-likeness (QED) is 0.849. The summed E-state index contributed by atoms with van der Waals surface area (Å²) in [6, 6.07) is 12.2. The molecular formula is C19H23N5O. The van der Waals surface area contributed by atoms with E-state index in [4.69, 9.17) is 0 Å². The Morgan fingerprint density at radius 3 is 2.64 bits per heavy atom. The monoisotopic (exact) mass is 337 g/mol. The number of benzene rings is 1. The number of aryl methyl sites for hydroxylation is 2. The summed E-state index contributed by atoms with van der Waals surface area (Å²) < 4.78 is 1.84. The zero-order valence-corrected chi connectivity index (χ0v) is 14.8. The van der Waals surface area contributed by atoms with Gasteiger partial charge in [0.25, 0.3) is 0 Å². The second-order valence-electron chi connectivity index (χ2n) is 6.91. The zero-order chi connectivity index (χ0) is 18.0. The van der Waals surface area contributed by atoms with E-state index in [0.717, 1.165) is 24.2 Å². The smallest absolute Gasteiger partial charge is 0.240 e. The van der Waals surface area contributed by atoms with Crippen LogP contribution in [0.1, 0.15) is 31.0 Å². The first-order valence-corrected chi connectivity index (χ1v) is 8.51. The summed E-state index contributed by atoms with van der Waals surface area (Å²) in [5.74, 6) is 0.709. The average Bonchev–Trinajstić information content (AvgIpc) is 3.38. The Morgan fingerprint density at radius 2 is 2.04 bits per heavy atom. The van der Waals surface area contributed by atoms with Crippen molar-refractivity contribution >= 4 is 11.7 Å². The van der Waals surface area contributed by atoms with Gasteiger partial charge in [-0.3, -0.25) is 4.79 Å². The van der Waals surface area contributed by atoms with Crippen molar-refractivity contribution in [2.24, 2.45) is 5.92 Å². The molecule has 25 heavy (non-hydrogen) atoms. The summed E-state index contributed by atoms with van der Waals surface area (Å²) in [5, 5.41) is 19.7. The summed E-state index contributed by atoms with van der Waals surface area (Å²) in [6.07, 6.45) is 2.00. The van der Waals surface area contributed by atoms with Crippen molar-refractivity contribution in [2.75, 3.05) is 11.9 Å². The van der Waals surface area contributed by atoms with E-state index >= 15 is 0 Å². The van der Waals surface area contributed by atoms with E-state index in [0.29, 0.717) is 5.82 Å². The highest BCUT2D eigenvalue weighted by Gasteiger charge is 2.42. The maximum Gasteiger partial charge on any atom is 0.240 e. The number of nitrogens with one attached hydrogen (secondary N) is 2. The van der Waals surface area contributed by atoms with Crippen molar-refractivity contribution in [3.8, 4) is 11.8 Å². The third kappa shape index (κ3) is 3.82. The van der Waals surface area contributed by atoms with Crippen LogP contribution in [0.25, 0.3) is 5.69 Å². The molecule has 130 valence electrons. The van der Waals surface area contributed by atoms with Gasteiger partial charge >= 0.3 is 0 Å². The van der Waals surface area contributed by atoms with Crippen molar-refractivity contribution in [1.82, 2.24) is 15.1 Å². The predicted molar refractivity (Wildman–Crippen MR) is 96.4 cm³/mol. The standard InChI is InChI=1S/C19H23N5O/c1-13-4-8-16(9-5-13)24-14(2)10-17(23-24)21-11-18(25)22-19(3,12-20)15-6-7-15/h4-5,8-10,15H,6-7,11H2,1-3H3,(H,21,23)(H,22,25)/t19-/m0/s1. The summed E-state index contributed by atoms with van der Waals surface area (Å²) in [5.41, 5.74) is 2.38. The van der Waals surface area contributed by atoms with Gasteiger partial charge in [0.15, 0.2) is 0 Å². The van der Waals surface area contributed by atoms with Gasteiger partial charge in [0.2, 0.25) is 5.91 Å². The molecule has 1 aliphatic carbocycles. The number of rotatable bonds is 6. The van der Waals surface area contributed by atoms with Crippen LogP contribution in [0, 0.1) is 31.1 Å². The molecule has 2 aromatic rings. The zero-order valence-electron chi connectivity index (χ0n) is 14.8. The SMILES string of the molecule is Cc1ccc(-n2nc(NCC(=O)N[C@@](C)(C#N)C3CC3)cc2C)cc1. The molecule has 1 aliphatic rings. The molecule has 0 bridgehead atoms. The number of nitriles is 1. The molecular weight excluding hydrogens is 314 g/mol. The molecule has 1 aromatic heterocycles. The summed E-state index contributed by atoms with van der Waals surface area (Å²) >= 11 is 0. The van der Waals surface area contributed by atoms with Crippen LogP contribution in [0.2, 0.25) is 0 Å². The van der Waals surface area contributed by atoms with Crippen molar-refractivity contribution in [2.45, 2.75) is 39.2 Å². The highest BCUT2D eigenvalue weighted by atomic mass is 16.2. The predicted octanol–water partition coefficient (Wildman–Crippen LogP) is 2.71. The van der Waals surface area contributed by atoms with Crippen LogP contribution in [0.3, 0.4) is 0 Å². The molecule has 3 rings (SSSR count). The highest BCUT2D eigenvalue weighted by molar-refractivity contribution is 5.81. The van der Waals surface area contributed by atoms with E-state index in [1.165, 1.54) is 5.56 Å². The number of anilines is 1. The second kappa shape index (κ2) is 6.60. The van der Waals surface area contributed by atoms with Crippen LogP contribution in [0.4, 0.5) is 5.82 Å². The summed E-state index contributed by atoms with van der Waals surface area (Å²) in [4.78, 5) is 12.2. The minimum absolute atomic E-state index is 0.0916. The fourth-order valence-corrected chi connectivity index (χ4v) is 2.89. The van der Waals surface area contributed by atoms with Crippen molar-refractivity contribution in [3.63, 3.8) is 0 Å². The summed E-state index contributed by atoms with van der Waals surface area (Å²) in [7, 11) is 0. The molecule has 1 heterocycles. The molecule has 1 amide bonds. The Bertz CT molecular complexity index is 813. The Labute approximate surface area is 147 Å². The molecule has 0 spiro atoms. The Kier molecular flexibility index (Phi) is 4.49. The van der Waals surface area contributed by atoms with Crippen LogP contribution < -0.4 is 10.6 Å². The number of amides is 1. The third-order valence-corrected chi connectivity index (χ3v) is 4.62. The van der Waals surface area contributed by atoms with Gasteiger partial charge in [0.05, 0.1) is 18.3 Å². The minimum Gasteiger partial charge on any atom is -0.360 e. The Balaban J connectivity index is 1.62.